The first-order chi connectivity index (χ1) is 10.6. The summed E-state index contributed by atoms with van der Waals surface area (Å²) in [6.45, 7) is 4.28. The summed E-state index contributed by atoms with van der Waals surface area (Å²) in [5.41, 5.74) is 1.95. The molecule has 2 rings (SSSR count). The van der Waals surface area contributed by atoms with Crippen molar-refractivity contribution in [3.05, 3.63) is 34.8 Å². The first-order valence-corrected chi connectivity index (χ1v) is 8.57. The van der Waals surface area contributed by atoms with E-state index in [9.17, 15) is 4.79 Å². The highest BCUT2D eigenvalue weighted by Crippen LogP contribution is 2.23. The summed E-state index contributed by atoms with van der Waals surface area (Å²) in [6, 6.07) is 9.83. The molecule has 5 nitrogen and oxygen atoms in total. The lowest BCUT2D eigenvalue weighted by molar-refractivity contribution is -0.116. The molecular formula is C15H16N4OS2. The van der Waals surface area contributed by atoms with Crippen LogP contribution in [0.25, 0.3) is 0 Å². The Bertz CT molecular complexity index is 676. The van der Waals surface area contributed by atoms with Crippen molar-refractivity contribution < 1.29 is 4.79 Å². The lowest BCUT2D eigenvalue weighted by Gasteiger charge is -2.21. The third-order valence-electron chi connectivity index (χ3n) is 2.92. The fourth-order valence-corrected chi connectivity index (χ4v) is 3.51. The molecule has 2 aromatic rings. The van der Waals surface area contributed by atoms with Gasteiger partial charge in [-0.1, -0.05) is 40.8 Å². The number of amides is 1. The van der Waals surface area contributed by atoms with Gasteiger partial charge in [-0.2, -0.15) is 5.26 Å². The van der Waals surface area contributed by atoms with Crippen molar-refractivity contribution >= 4 is 34.7 Å². The zero-order chi connectivity index (χ0) is 15.9. The minimum absolute atomic E-state index is 0.0306. The van der Waals surface area contributed by atoms with Crippen LogP contribution in [0.5, 0.6) is 0 Å². The molecule has 0 saturated heterocycles. The highest BCUT2D eigenvalue weighted by atomic mass is 32.2. The van der Waals surface area contributed by atoms with E-state index in [1.165, 1.54) is 23.1 Å². The van der Waals surface area contributed by atoms with Gasteiger partial charge in [0.2, 0.25) is 5.91 Å². The molecule has 0 saturated carbocycles. The van der Waals surface area contributed by atoms with Crippen molar-refractivity contribution in [2.75, 3.05) is 17.2 Å². The normalized spacial score (nSPS) is 10.2. The lowest BCUT2D eigenvalue weighted by atomic mass is 10.2. The molecule has 0 aliphatic heterocycles. The van der Waals surface area contributed by atoms with E-state index < -0.39 is 0 Å². The first-order valence-electron chi connectivity index (χ1n) is 6.77. The molecule has 0 unspecified atom stereocenters. The van der Waals surface area contributed by atoms with E-state index in [0.29, 0.717) is 13.0 Å². The molecule has 0 aliphatic carbocycles. The summed E-state index contributed by atoms with van der Waals surface area (Å²) in [5, 5.41) is 17.6. The second-order valence-corrected chi connectivity index (χ2v) is 7.07. The molecule has 0 radical (unpaired) electrons. The van der Waals surface area contributed by atoms with Crippen LogP contribution in [-0.4, -0.2) is 28.4 Å². The van der Waals surface area contributed by atoms with Crippen molar-refractivity contribution in [1.82, 2.24) is 10.2 Å². The number of anilines is 1. The molecule has 0 bridgehead atoms. The summed E-state index contributed by atoms with van der Waals surface area (Å²) in [5.74, 6) is 0.255. The average molecular weight is 332 g/mol. The summed E-state index contributed by atoms with van der Waals surface area (Å²) < 4.78 is 0.787. The van der Waals surface area contributed by atoms with Gasteiger partial charge in [0.1, 0.15) is 5.01 Å². The second-order valence-electron chi connectivity index (χ2n) is 4.66. The van der Waals surface area contributed by atoms with Gasteiger partial charge in [-0.3, -0.25) is 4.79 Å². The maximum Gasteiger partial charge on any atom is 0.237 e. The number of rotatable bonds is 6. The Morgan fingerprint density at radius 2 is 2.05 bits per heavy atom. The Kier molecular flexibility index (Phi) is 5.92. The third-order valence-corrected chi connectivity index (χ3v) is 4.88. The number of hydrogen-bond donors (Lipinski definition) is 0. The molecule has 0 N–H and O–H groups in total. The average Bonchev–Trinajstić information content (AvgIpc) is 2.93. The summed E-state index contributed by atoms with van der Waals surface area (Å²) in [7, 11) is 0. The third kappa shape index (κ3) is 4.55. The van der Waals surface area contributed by atoms with E-state index >= 15 is 0 Å². The summed E-state index contributed by atoms with van der Waals surface area (Å²) >= 11 is 2.85. The molecule has 1 aromatic carbocycles. The highest BCUT2D eigenvalue weighted by molar-refractivity contribution is 8.01. The molecule has 7 heteroatoms. The van der Waals surface area contributed by atoms with Crippen molar-refractivity contribution in [3.8, 4) is 6.07 Å². The van der Waals surface area contributed by atoms with Crippen LogP contribution in [-0.2, 0) is 4.79 Å². The molecular weight excluding hydrogens is 316 g/mol. The molecule has 0 spiro atoms. The Labute approximate surface area is 138 Å². The van der Waals surface area contributed by atoms with E-state index in [2.05, 4.69) is 16.3 Å². The number of carbonyl (C=O) groups excluding carboxylic acids is 1. The van der Waals surface area contributed by atoms with Crippen LogP contribution < -0.4 is 4.90 Å². The van der Waals surface area contributed by atoms with E-state index in [-0.39, 0.29) is 11.7 Å². The van der Waals surface area contributed by atoms with Crippen LogP contribution in [0.2, 0.25) is 0 Å². The number of hydrogen-bond acceptors (Lipinski definition) is 6. The Balaban J connectivity index is 2.05. The van der Waals surface area contributed by atoms with E-state index in [1.807, 2.05) is 38.1 Å². The van der Waals surface area contributed by atoms with Crippen molar-refractivity contribution in [2.24, 2.45) is 0 Å². The first kappa shape index (κ1) is 16.5. The van der Waals surface area contributed by atoms with Crippen molar-refractivity contribution in [1.29, 1.82) is 5.26 Å². The Morgan fingerprint density at radius 3 is 2.64 bits per heavy atom. The molecule has 1 aromatic heterocycles. The number of nitriles is 1. The van der Waals surface area contributed by atoms with Gasteiger partial charge in [0.15, 0.2) is 4.34 Å². The topological polar surface area (TPSA) is 69.9 Å². The van der Waals surface area contributed by atoms with Crippen LogP contribution >= 0.6 is 23.1 Å². The molecule has 114 valence electrons. The second kappa shape index (κ2) is 7.92. The standard InChI is InChI=1S/C15H16N4OS2/c1-11-4-6-13(7-5-11)19(9-3-8-16)14(20)10-21-15-18-17-12(2)22-15/h4-7H,3,9-10H2,1-2H3. The monoisotopic (exact) mass is 332 g/mol. The summed E-state index contributed by atoms with van der Waals surface area (Å²) in [4.78, 5) is 14.1. The Hall–Kier alpha value is -1.91. The van der Waals surface area contributed by atoms with Gasteiger partial charge in [0.05, 0.1) is 18.2 Å². The zero-order valence-corrected chi connectivity index (χ0v) is 14.1. The molecule has 0 fully saturated rings. The quantitative estimate of drug-likeness (QED) is 0.760. The van der Waals surface area contributed by atoms with Gasteiger partial charge in [-0.25, -0.2) is 0 Å². The van der Waals surface area contributed by atoms with Gasteiger partial charge in [-0.05, 0) is 26.0 Å². The summed E-state index contributed by atoms with van der Waals surface area (Å²) in [6.07, 6.45) is 0.308. The van der Waals surface area contributed by atoms with Crippen molar-refractivity contribution in [3.63, 3.8) is 0 Å². The predicted octanol–water partition coefficient (Wildman–Crippen LogP) is 3.19. The smallest absolute Gasteiger partial charge is 0.237 e. The largest absolute Gasteiger partial charge is 0.311 e. The van der Waals surface area contributed by atoms with Gasteiger partial charge in [0, 0.05) is 12.2 Å². The zero-order valence-electron chi connectivity index (χ0n) is 12.4. The van der Waals surface area contributed by atoms with E-state index in [4.69, 9.17) is 5.26 Å². The maximum atomic E-state index is 12.5. The molecule has 0 atom stereocenters. The van der Waals surface area contributed by atoms with Crippen LogP contribution in [0.3, 0.4) is 0 Å². The Morgan fingerprint density at radius 1 is 1.32 bits per heavy atom. The molecule has 1 amide bonds. The minimum Gasteiger partial charge on any atom is -0.311 e. The van der Waals surface area contributed by atoms with Gasteiger partial charge < -0.3 is 4.90 Å². The van der Waals surface area contributed by atoms with Gasteiger partial charge >= 0.3 is 0 Å². The van der Waals surface area contributed by atoms with E-state index in [1.54, 1.807) is 4.90 Å². The number of aryl methyl sites for hydroxylation is 2. The fraction of sp³-hybridized carbons (Fsp3) is 0.333. The number of aromatic nitrogens is 2. The van der Waals surface area contributed by atoms with Crippen LogP contribution in [0, 0.1) is 25.2 Å². The van der Waals surface area contributed by atoms with Gasteiger partial charge in [-0.15, -0.1) is 10.2 Å². The SMILES string of the molecule is Cc1ccc(N(CCC#N)C(=O)CSc2nnc(C)s2)cc1. The van der Waals surface area contributed by atoms with Crippen molar-refractivity contribution in [2.45, 2.75) is 24.6 Å². The highest BCUT2D eigenvalue weighted by Gasteiger charge is 2.16. The molecule has 1 heterocycles. The molecule has 22 heavy (non-hydrogen) atoms. The number of carbonyl (C=O) groups is 1. The van der Waals surface area contributed by atoms with E-state index in [0.717, 1.165) is 20.6 Å². The lowest BCUT2D eigenvalue weighted by Crippen LogP contribution is -2.33. The number of nitrogens with zero attached hydrogens (tertiary/aromatic N) is 4. The minimum atomic E-state index is -0.0306. The predicted molar refractivity (Wildman–Crippen MR) is 89.1 cm³/mol. The molecule has 0 aliphatic rings. The van der Waals surface area contributed by atoms with Crippen LogP contribution in [0.15, 0.2) is 28.6 Å². The number of thioether (sulfide) groups is 1. The van der Waals surface area contributed by atoms with Crippen LogP contribution in [0.4, 0.5) is 5.69 Å². The van der Waals surface area contributed by atoms with Gasteiger partial charge in [0.25, 0.3) is 0 Å². The maximum absolute atomic E-state index is 12.5. The fourth-order valence-electron chi connectivity index (χ4n) is 1.82. The van der Waals surface area contributed by atoms with Crippen LogP contribution in [0.1, 0.15) is 17.0 Å². The number of benzene rings is 1.